The minimum absolute atomic E-state index is 0. The summed E-state index contributed by atoms with van der Waals surface area (Å²) in [4.78, 5) is 0. The maximum atomic E-state index is 2.39. The number of aryl methyl sites for hydroxylation is 4. The highest BCUT2D eigenvalue weighted by Gasteiger charge is 2.06. The molecule has 0 radical (unpaired) electrons. The first-order valence-corrected chi connectivity index (χ1v) is 18.9. The second-order valence-electron chi connectivity index (χ2n) is 13.3. The van der Waals surface area contributed by atoms with Crippen LogP contribution in [0.4, 0.5) is 0 Å². The van der Waals surface area contributed by atoms with Crippen molar-refractivity contribution in [3.8, 4) is 0 Å². The van der Waals surface area contributed by atoms with Crippen LogP contribution in [0.2, 0.25) is 0 Å². The van der Waals surface area contributed by atoms with E-state index < -0.39 is 0 Å². The Labute approximate surface area is 295 Å². The third-order valence-electron chi connectivity index (χ3n) is 9.11. The lowest BCUT2D eigenvalue weighted by molar-refractivity contribution is -0.697. The van der Waals surface area contributed by atoms with Crippen LogP contribution >= 0.6 is 0 Å². The zero-order chi connectivity index (χ0) is 29.8. The molecule has 0 saturated carbocycles. The SMILES string of the molecule is CCCCCCCCCCCCCC[n+]1ccn(CCCCn2cc[n+](CCCCCCCCCCCCCC)c2)c1.[Br-].[Br-]. The number of imidazole rings is 2. The molecule has 0 aliphatic rings. The van der Waals surface area contributed by atoms with Crippen molar-refractivity contribution in [2.24, 2.45) is 0 Å². The molecule has 0 aliphatic heterocycles. The summed E-state index contributed by atoms with van der Waals surface area (Å²) >= 11 is 0. The molecule has 0 saturated heterocycles. The monoisotopic (exact) mass is 742 g/mol. The lowest BCUT2D eigenvalue weighted by Gasteiger charge is -2.02. The molecule has 0 unspecified atom stereocenters. The van der Waals surface area contributed by atoms with E-state index in [1.54, 1.807) is 0 Å². The van der Waals surface area contributed by atoms with Gasteiger partial charge in [-0.2, -0.15) is 0 Å². The minimum atomic E-state index is 0. The van der Waals surface area contributed by atoms with Crippen molar-refractivity contribution in [1.82, 2.24) is 9.13 Å². The van der Waals surface area contributed by atoms with E-state index in [9.17, 15) is 0 Å². The number of hydrogen-bond acceptors (Lipinski definition) is 0. The van der Waals surface area contributed by atoms with Gasteiger partial charge in [0.1, 0.15) is 24.8 Å². The fraction of sp³-hybridized carbons (Fsp3) is 0.842. The number of hydrogen-bond donors (Lipinski definition) is 0. The van der Waals surface area contributed by atoms with Crippen LogP contribution in [-0.4, -0.2) is 9.13 Å². The molecule has 0 fully saturated rings. The van der Waals surface area contributed by atoms with Gasteiger partial charge in [0, 0.05) is 0 Å². The highest BCUT2D eigenvalue weighted by molar-refractivity contribution is 4.68. The van der Waals surface area contributed by atoms with E-state index in [-0.39, 0.29) is 34.0 Å². The fourth-order valence-corrected chi connectivity index (χ4v) is 6.27. The Hall–Kier alpha value is -0.620. The third kappa shape index (κ3) is 24.6. The number of rotatable bonds is 31. The Morgan fingerprint density at radius 1 is 0.364 bits per heavy atom. The van der Waals surface area contributed by atoms with Gasteiger partial charge >= 0.3 is 0 Å². The molecule has 0 N–H and O–H groups in total. The van der Waals surface area contributed by atoms with Gasteiger partial charge in [0.15, 0.2) is 0 Å². The number of nitrogens with zero attached hydrogens (tertiary/aromatic N) is 4. The molecule has 4 nitrogen and oxygen atoms in total. The maximum absolute atomic E-state index is 2.39. The van der Waals surface area contributed by atoms with Crippen LogP contribution in [0.15, 0.2) is 37.4 Å². The van der Waals surface area contributed by atoms with Crippen molar-refractivity contribution in [3.63, 3.8) is 0 Å². The minimum Gasteiger partial charge on any atom is -1.00 e. The van der Waals surface area contributed by atoms with Gasteiger partial charge in [-0.1, -0.05) is 142 Å². The molecule has 2 rings (SSSR count). The van der Waals surface area contributed by atoms with E-state index in [2.05, 4.69) is 69.6 Å². The van der Waals surface area contributed by atoms with Gasteiger partial charge in [-0.05, 0) is 38.5 Å². The standard InChI is InChI=1S/C38H72N4.2BrH/c1-3-5-7-9-11-13-15-17-19-21-23-25-29-39-33-35-41(37-39)31-27-28-32-42-36-34-40(38-42)30-26-24-22-20-18-16-14-12-10-8-6-4-2;;/h33-38H,3-32H2,1-2H3;2*1H/q+2;;/p-2. The topological polar surface area (TPSA) is 17.6 Å². The molecule has 0 aliphatic carbocycles. The molecule has 0 spiro atoms. The van der Waals surface area contributed by atoms with Gasteiger partial charge in [0.05, 0.1) is 26.2 Å². The first-order chi connectivity index (χ1) is 20.8. The predicted molar refractivity (Wildman–Crippen MR) is 181 cm³/mol. The van der Waals surface area contributed by atoms with Crippen LogP contribution in [-0.2, 0) is 26.2 Å². The van der Waals surface area contributed by atoms with E-state index in [4.69, 9.17) is 0 Å². The summed E-state index contributed by atoms with van der Waals surface area (Å²) in [5, 5.41) is 0. The van der Waals surface area contributed by atoms with E-state index >= 15 is 0 Å². The molecule has 44 heavy (non-hydrogen) atoms. The highest BCUT2D eigenvalue weighted by Crippen LogP contribution is 2.13. The summed E-state index contributed by atoms with van der Waals surface area (Å²) < 4.78 is 9.54. The van der Waals surface area contributed by atoms with Crippen molar-refractivity contribution < 1.29 is 43.1 Å². The second-order valence-corrected chi connectivity index (χ2v) is 13.3. The average Bonchev–Trinajstić information content (AvgIpc) is 3.66. The Kier molecular flexibility index (Phi) is 31.9. The van der Waals surface area contributed by atoms with Crippen LogP contribution in [0.25, 0.3) is 0 Å². The van der Waals surface area contributed by atoms with Gasteiger partial charge in [-0.15, -0.1) is 0 Å². The number of unbranched alkanes of at least 4 members (excludes halogenated alkanes) is 23. The summed E-state index contributed by atoms with van der Waals surface area (Å²) in [6.45, 7) is 9.21. The third-order valence-corrected chi connectivity index (χ3v) is 9.11. The van der Waals surface area contributed by atoms with Crippen molar-refractivity contribution in [3.05, 3.63) is 37.4 Å². The summed E-state index contributed by atoms with van der Waals surface area (Å²) in [6.07, 6.45) is 50.3. The van der Waals surface area contributed by atoms with E-state index in [0.29, 0.717) is 0 Å². The van der Waals surface area contributed by atoms with Gasteiger partial charge in [-0.25, -0.2) is 18.3 Å². The van der Waals surface area contributed by atoms with Gasteiger partial charge in [0.2, 0.25) is 12.7 Å². The molecule has 6 heteroatoms. The molecule has 0 bridgehead atoms. The van der Waals surface area contributed by atoms with Crippen LogP contribution in [0.3, 0.4) is 0 Å². The highest BCUT2D eigenvalue weighted by atomic mass is 79.9. The summed E-state index contributed by atoms with van der Waals surface area (Å²) in [5.41, 5.74) is 0. The summed E-state index contributed by atoms with van der Waals surface area (Å²) in [5.74, 6) is 0. The normalized spacial score (nSPS) is 11.0. The number of halogens is 2. The summed E-state index contributed by atoms with van der Waals surface area (Å²) in [7, 11) is 0. The Balaban J connectivity index is 0.00000924. The predicted octanol–water partition coefficient (Wildman–Crippen LogP) is 4.76. The molecular weight excluding hydrogens is 672 g/mol. The first-order valence-electron chi connectivity index (χ1n) is 18.9. The molecule has 0 aromatic carbocycles. The molecule has 258 valence electrons. The van der Waals surface area contributed by atoms with E-state index in [0.717, 1.165) is 13.1 Å². The van der Waals surface area contributed by atoms with Crippen molar-refractivity contribution in [2.75, 3.05) is 0 Å². The van der Waals surface area contributed by atoms with Crippen LogP contribution in [0.5, 0.6) is 0 Å². The van der Waals surface area contributed by atoms with Gasteiger partial charge in [0.25, 0.3) is 0 Å². The molecule has 2 heterocycles. The maximum Gasteiger partial charge on any atom is 0.243 e. The average molecular weight is 745 g/mol. The van der Waals surface area contributed by atoms with Crippen LogP contribution in [0.1, 0.15) is 181 Å². The second kappa shape index (κ2) is 32.3. The largest absolute Gasteiger partial charge is 1.00 e. The lowest BCUT2D eigenvalue weighted by atomic mass is 10.1. The van der Waals surface area contributed by atoms with E-state index in [1.165, 1.54) is 180 Å². The fourth-order valence-electron chi connectivity index (χ4n) is 6.27. The molecule has 2 aromatic heterocycles. The quantitative estimate of drug-likeness (QED) is 0.0785. The molecular formula is C38H72Br2N4. The zero-order valence-electron chi connectivity index (χ0n) is 29.2. The van der Waals surface area contributed by atoms with Crippen LogP contribution in [0, 0.1) is 0 Å². The Bertz CT molecular complexity index is 766. The zero-order valence-corrected chi connectivity index (χ0v) is 32.4. The number of aromatic nitrogens is 4. The molecule has 0 atom stereocenters. The summed E-state index contributed by atoms with van der Waals surface area (Å²) in [6, 6.07) is 0. The van der Waals surface area contributed by atoms with Crippen molar-refractivity contribution in [1.29, 1.82) is 0 Å². The Morgan fingerprint density at radius 2 is 0.636 bits per heavy atom. The smallest absolute Gasteiger partial charge is 0.243 e. The Morgan fingerprint density at radius 3 is 0.932 bits per heavy atom. The first kappa shape index (κ1) is 43.4. The lowest BCUT2D eigenvalue weighted by Crippen LogP contribution is -3.00. The van der Waals surface area contributed by atoms with Gasteiger partial charge < -0.3 is 34.0 Å². The van der Waals surface area contributed by atoms with Crippen molar-refractivity contribution >= 4 is 0 Å². The van der Waals surface area contributed by atoms with Crippen LogP contribution < -0.4 is 43.1 Å². The molecule has 0 amide bonds. The van der Waals surface area contributed by atoms with Crippen molar-refractivity contribution in [2.45, 2.75) is 207 Å². The van der Waals surface area contributed by atoms with Gasteiger partial charge in [-0.3, -0.25) is 0 Å². The van der Waals surface area contributed by atoms with E-state index in [1.807, 2.05) is 0 Å². The molecule has 2 aromatic rings.